The second kappa shape index (κ2) is 7.70. The van der Waals surface area contributed by atoms with Crippen LogP contribution in [-0.4, -0.2) is 9.55 Å². The van der Waals surface area contributed by atoms with Crippen molar-refractivity contribution >= 4 is 17.3 Å². The molecule has 0 radical (unpaired) electrons. The van der Waals surface area contributed by atoms with Crippen LogP contribution >= 0.6 is 11.6 Å². The fourth-order valence-electron chi connectivity index (χ4n) is 4.44. The SMILES string of the molecule is Clc1ccc(C2Nc3ccccc3-c3nc(-c4ccccc4)c(-c4ccccc4)n32)cc1. The van der Waals surface area contributed by atoms with Crippen LogP contribution in [0.1, 0.15) is 11.7 Å². The third-order valence-corrected chi connectivity index (χ3v) is 6.16. The van der Waals surface area contributed by atoms with E-state index in [0.29, 0.717) is 0 Å². The quantitative estimate of drug-likeness (QED) is 0.319. The lowest BCUT2D eigenvalue weighted by molar-refractivity contribution is 0.656. The summed E-state index contributed by atoms with van der Waals surface area (Å²) in [5, 5.41) is 4.47. The Bertz CT molecular complexity index is 1390. The number of benzene rings is 4. The minimum absolute atomic E-state index is 0.114. The smallest absolute Gasteiger partial charge is 0.145 e. The molecule has 4 aromatic carbocycles. The first-order chi connectivity index (χ1) is 15.8. The molecule has 0 aliphatic carbocycles. The highest BCUT2D eigenvalue weighted by atomic mass is 35.5. The van der Waals surface area contributed by atoms with E-state index >= 15 is 0 Å². The zero-order valence-corrected chi connectivity index (χ0v) is 18.0. The van der Waals surface area contributed by atoms with Crippen molar-refractivity contribution in [3.05, 3.63) is 120 Å². The number of nitrogens with zero attached hydrogens (tertiary/aromatic N) is 2. The van der Waals surface area contributed by atoms with Gasteiger partial charge in [-0.15, -0.1) is 0 Å². The lowest BCUT2D eigenvalue weighted by Crippen LogP contribution is -2.25. The highest BCUT2D eigenvalue weighted by Crippen LogP contribution is 2.45. The van der Waals surface area contributed by atoms with Crippen LogP contribution in [0, 0.1) is 0 Å². The van der Waals surface area contributed by atoms with Gasteiger partial charge in [-0.25, -0.2) is 4.98 Å². The van der Waals surface area contributed by atoms with Crippen LogP contribution in [0.2, 0.25) is 5.02 Å². The Morgan fingerprint density at radius 1 is 0.688 bits per heavy atom. The molecule has 32 heavy (non-hydrogen) atoms. The van der Waals surface area contributed by atoms with E-state index < -0.39 is 0 Å². The summed E-state index contributed by atoms with van der Waals surface area (Å²) in [7, 11) is 0. The molecule has 154 valence electrons. The number of nitrogens with one attached hydrogen (secondary N) is 1. The van der Waals surface area contributed by atoms with E-state index in [1.807, 2.05) is 24.3 Å². The maximum Gasteiger partial charge on any atom is 0.145 e. The number of fused-ring (bicyclic) bond motifs is 3. The summed E-state index contributed by atoms with van der Waals surface area (Å²) < 4.78 is 2.32. The minimum Gasteiger partial charge on any atom is -0.361 e. The molecule has 0 saturated carbocycles. The van der Waals surface area contributed by atoms with Crippen molar-refractivity contribution in [3.8, 4) is 33.9 Å². The Morgan fingerprint density at radius 2 is 1.31 bits per heavy atom. The topological polar surface area (TPSA) is 29.9 Å². The van der Waals surface area contributed by atoms with E-state index in [2.05, 4.69) is 94.8 Å². The van der Waals surface area contributed by atoms with Crippen molar-refractivity contribution in [1.82, 2.24) is 9.55 Å². The maximum atomic E-state index is 6.20. The standard InChI is InChI=1S/C28H20ClN3/c29-22-17-15-21(16-18-22)27-30-24-14-8-7-13-23(24)28-31-25(19-9-3-1-4-10-19)26(32(27)28)20-11-5-2-6-12-20/h1-18,27,30H. The summed E-state index contributed by atoms with van der Waals surface area (Å²) in [5.74, 6) is 0.956. The van der Waals surface area contributed by atoms with Crippen molar-refractivity contribution in [2.24, 2.45) is 0 Å². The molecule has 3 nitrogen and oxygen atoms in total. The molecule has 4 heteroatoms. The predicted molar refractivity (Wildman–Crippen MR) is 132 cm³/mol. The van der Waals surface area contributed by atoms with E-state index in [4.69, 9.17) is 16.6 Å². The Hall–Kier alpha value is -3.82. The van der Waals surface area contributed by atoms with Gasteiger partial charge in [0, 0.05) is 27.4 Å². The lowest BCUT2D eigenvalue weighted by atomic mass is 10.0. The van der Waals surface area contributed by atoms with Crippen molar-refractivity contribution in [2.45, 2.75) is 6.17 Å². The number of imidazole rings is 1. The molecule has 0 bridgehead atoms. The first kappa shape index (κ1) is 18.9. The molecule has 5 aromatic rings. The molecule has 0 amide bonds. The normalized spacial score (nSPS) is 14.3. The molecule has 2 heterocycles. The second-order valence-corrected chi connectivity index (χ2v) is 8.32. The molecule has 1 atom stereocenters. The maximum absolute atomic E-state index is 6.20. The van der Waals surface area contributed by atoms with Crippen molar-refractivity contribution in [2.75, 3.05) is 5.32 Å². The number of aromatic nitrogens is 2. The van der Waals surface area contributed by atoms with Gasteiger partial charge >= 0.3 is 0 Å². The second-order valence-electron chi connectivity index (χ2n) is 7.88. The molecule has 1 aliphatic heterocycles. The Morgan fingerprint density at radius 3 is 2.03 bits per heavy atom. The number of rotatable bonds is 3. The van der Waals surface area contributed by atoms with Crippen LogP contribution < -0.4 is 5.32 Å². The molecule has 0 spiro atoms. The summed E-state index contributed by atoms with van der Waals surface area (Å²) in [4.78, 5) is 5.23. The number of hydrogen-bond donors (Lipinski definition) is 1. The molecule has 1 aromatic heterocycles. The number of halogens is 1. The Balaban J connectivity index is 1.69. The third-order valence-electron chi connectivity index (χ3n) is 5.91. The van der Waals surface area contributed by atoms with Gasteiger partial charge in [-0.1, -0.05) is 96.5 Å². The summed E-state index contributed by atoms with van der Waals surface area (Å²) >= 11 is 6.20. The highest BCUT2D eigenvalue weighted by molar-refractivity contribution is 6.30. The van der Waals surface area contributed by atoms with Gasteiger partial charge in [-0.2, -0.15) is 0 Å². The predicted octanol–water partition coefficient (Wildman–Crippen LogP) is 7.51. The van der Waals surface area contributed by atoms with Gasteiger partial charge in [0.05, 0.1) is 11.4 Å². The van der Waals surface area contributed by atoms with Crippen LogP contribution in [0.5, 0.6) is 0 Å². The van der Waals surface area contributed by atoms with Gasteiger partial charge in [0.2, 0.25) is 0 Å². The van der Waals surface area contributed by atoms with E-state index in [-0.39, 0.29) is 6.17 Å². The van der Waals surface area contributed by atoms with Gasteiger partial charge in [0.25, 0.3) is 0 Å². The van der Waals surface area contributed by atoms with Gasteiger partial charge in [0.15, 0.2) is 0 Å². The lowest BCUT2D eigenvalue weighted by Gasteiger charge is -2.31. The molecule has 1 N–H and O–H groups in total. The fraction of sp³-hybridized carbons (Fsp3) is 0.0357. The summed E-state index contributed by atoms with van der Waals surface area (Å²) in [6.45, 7) is 0. The van der Waals surface area contributed by atoms with Gasteiger partial charge in [0.1, 0.15) is 12.0 Å². The number of hydrogen-bond acceptors (Lipinski definition) is 2. The Kier molecular flexibility index (Phi) is 4.55. The monoisotopic (exact) mass is 433 g/mol. The van der Waals surface area contributed by atoms with Crippen LogP contribution in [0.25, 0.3) is 33.9 Å². The fourth-order valence-corrected chi connectivity index (χ4v) is 4.56. The molecule has 6 rings (SSSR count). The summed E-state index contributed by atoms with van der Waals surface area (Å²) in [6.07, 6.45) is -0.114. The highest BCUT2D eigenvalue weighted by Gasteiger charge is 2.31. The van der Waals surface area contributed by atoms with Crippen LogP contribution in [-0.2, 0) is 0 Å². The van der Waals surface area contributed by atoms with E-state index in [9.17, 15) is 0 Å². The first-order valence-corrected chi connectivity index (χ1v) is 11.0. The van der Waals surface area contributed by atoms with E-state index in [1.165, 1.54) is 0 Å². The number of para-hydroxylation sites is 1. The van der Waals surface area contributed by atoms with Crippen LogP contribution in [0.4, 0.5) is 5.69 Å². The van der Waals surface area contributed by atoms with Gasteiger partial charge in [-0.3, -0.25) is 4.57 Å². The van der Waals surface area contributed by atoms with Crippen molar-refractivity contribution in [1.29, 1.82) is 0 Å². The number of anilines is 1. The average Bonchev–Trinajstić information content (AvgIpc) is 3.26. The molecule has 1 unspecified atom stereocenters. The summed E-state index contributed by atoms with van der Waals surface area (Å²) in [6, 6.07) is 37.3. The van der Waals surface area contributed by atoms with Crippen molar-refractivity contribution < 1.29 is 0 Å². The summed E-state index contributed by atoms with van der Waals surface area (Å²) in [5.41, 5.74) is 7.59. The Labute approximate surface area is 192 Å². The molecule has 0 fully saturated rings. The average molecular weight is 434 g/mol. The first-order valence-electron chi connectivity index (χ1n) is 10.6. The van der Waals surface area contributed by atoms with Gasteiger partial charge < -0.3 is 5.32 Å². The van der Waals surface area contributed by atoms with E-state index in [1.54, 1.807) is 0 Å². The molecular weight excluding hydrogens is 414 g/mol. The van der Waals surface area contributed by atoms with E-state index in [0.717, 1.165) is 50.2 Å². The van der Waals surface area contributed by atoms with Crippen LogP contribution in [0.15, 0.2) is 109 Å². The molecular formula is C28H20ClN3. The molecule has 1 aliphatic rings. The van der Waals surface area contributed by atoms with Crippen LogP contribution in [0.3, 0.4) is 0 Å². The zero-order chi connectivity index (χ0) is 21.5. The van der Waals surface area contributed by atoms with Gasteiger partial charge in [-0.05, 0) is 29.8 Å². The zero-order valence-electron chi connectivity index (χ0n) is 17.2. The molecule has 0 saturated heterocycles. The largest absolute Gasteiger partial charge is 0.361 e. The third kappa shape index (κ3) is 3.10. The van der Waals surface area contributed by atoms with Crippen molar-refractivity contribution in [3.63, 3.8) is 0 Å². The minimum atomic E-state index is -0.114.